The third-order valence-electron chi connectivity index (χ3n) is 3.93. The summed E-state index contributed by atoms with van der Waals surface area (Å²) in [5.74, 6) is -0.389. The lowest BCUT2D eigenvalue weighted by Gasteiger charge is -2.21. The van der Waals surface area contributed by atoms with Crippen molar-refractivity contribution >= 4 is 17.5 Å². The molecule has 0 aliphatic carbocycles. The number of unbranched alkanes of at least 4 members (excludes halogenated alkanes) is 1. The predicted molar refractivity (Wildman–Crippen MR) is 100 cm³/mol. The summed E-state index contributed by atoms with van der Waals surface area (Å²) in [4.78, 5) is 30.9. The SMILES string of the molecule is CCCCNC(=O)c1ccnc(C(=O)N(CC)c2cccc(C)c2)c1. The topological polar surface area (TPSA) is 62.3 Å². The number of rotatable bonds is 7. The molecule has 2 rings (SSSR count). The molecule has 0 spiro atoms. The van der Waals surface area contributed by atoms with Gasteiger partial charge in [-0.25, -0.2) is 0 Å². The summed E-state index contributed by atoms with van der Waals surface area (Å²) in [7, 11) is 0. The van der Waals surface area contributed by atoms with E-state index >= 15 is 0 Å². The van der Waals surface area contributed by atoms with Crippen LogP contribution in [0.5, 0.6) is 0 Å². The number of nitrogens with zero attached hydrogens (tertiary/aromatic N) is 2. The largest absolute Gasteiger partial charge is 0.352 e. The zero-order chi connectivity index (χ0) is 18.2. The highest BCUT2D eigenvalue weighted by Gasteiger charge is 2.19. The lowest BCUT2D eigenvalue weighted by molar-refractivity contribution is 0.0953. The molecule has 0 unspecified atom stereocenters. The van der Waals surface area contributed by atoms with Crippen LogP contribution in [-0.2, 0) is 0 Å². The first-order chi connectivity index (χ1) is 12.1. The van der Waals surface area contributed by atoms with Gasteiger partial charge in [0.05, 0.1) is 0 Å². The van der Waals surface area contributed by atoms with Gasteiger partial charge in [-0.05, 0) is 50.1 Å². The smallest absolute Gasteiger partial charge is 0.276 e. The number of aryl methyl sites for hydroxylation is 1. The molecule has 0 radical (unpaired) electrons. The minimum Gasteiger partial charge on any atom is -0.352 e. The molecule has 5 nitrogen and oxygen atoms in total. The normalized spacial score (nSPS) is 10.4. The van der Waals surface area contributed by atoms with Crippen LogP contribution in [0.3, 0.4) is 0 Å². The molecule has 1 aromatic heterocycles. The van der Waals surface area contributed by atoms with Crippen molar-refractivity contribution < 1.29 is 9.59 Å². The van der Waals surface area contributed by atoms with Crippen molar-refractivity contribution in [2.24, 2.45) is 0 Å². The predicted octanol–water partition coefficient (Wildman–Crippen LogP) is 3.59. The van der Waals surface area contributed by atoms with Gasteiger partial charge in [0.15, 0.2) is 0 Å². The maximum Gasteiger partial charge on any atom is 0.276 e. The van der Waals surface area contributed by atoms with Crippen molar-refractivity contribution in [3.63, 3.8) is 0 Å². The van der Waals surface area contributed by atoms with E-state index in [4.69, 9.17) is 0 Å². The van der Waals surface area contributed by atoms with Crippen LogP contribution in [0, 0.1) is 6.92 Å². The highest BCUT2D eigenvalue weighted by atomic mass is 16.2. The zero-order valence-electron chi connectivity index (χ0n) is 15.1. The first-order valence-electron chi connectivity index (χ1n) is 8.69. The second-order valence-corrected chi connectivity index (χ2v) is 5.93. The van der Waals surface area contributed by atoms with E-state index in [0.717, 1.165) is 24.1 Å². The van der Waals surface area contributed by atoms with E-state index in [2.05, 4.69) is 17.2 Å². The Hall–Kier alpha value is -2.69. The number of pyridine rings is 1. The molecular weight excluding hydrogens is 314 g/mol. The van der Waals surface area contributed by atoms with E-state index in [0.29, 0.717) is 18.7 Å². The van der Waals surface area contributed by atoms with Crippen molar-refractivity contribution in [1.82, 2.24) is 10.3 Å². The number of carbonyl (C=O) groups excluding carboxylic acids is 2. The van der Waals surface area contributed by atoms with E-state index in [1.807, 2.05) is 38.1 Å². The number of hydrogen-bond acceptors (Lipinski definition) is 3. The van der Waals surface area contributed by atoms with Crippen LogP contribution >= 0.6 is 0 Å². The van der Waals surface area contributed by atoms with Crippen LogP contribution in [0.1, 0.15) is 53.1 Å². The first kappa shape index (κ1) is 18.6. The average Bonchev–Trinajstić information content (AvgIpc) is 2.62. The molecule has 0 aliphatic heterocycles. The van der Waals surface area contributed by atoms with Crippen molar-refractivity contribution in [3.05, 3.63) is 59.4 Å². The first-order valence-corrected chi connectivity index (χ1v) is 8.69. The summed E-state index contributed by atoms with van der Waals surface area (Å²) in [5, 5.41) is 2.86. The van der Waals surface area contributed by atoms with Crippen LogP contribution in [-0.4, -0.2) is 29.9 Å². The molecule has 0 bridgehead atoms. The second-order valence-electron chi connectivity index (χ2n) is 5.93. The van der Waals surface area contributed by atoms with Gasteiger partial charge in [-0.1, -0.05) is 25.5 Å². The van der Waals surface area contributed by atoms with Crippen LogP contribution in [0.15, 0.2) is 42.6 Å². The molecule has 1 heterocycles. The Labute approximate surface area is 149 Å². The van der Waals surface area contributed by atoms with Crippen LogP contribution in [0.25, 0.3) is 0 Å². The highest BCUT2D eigenvalue weighted by molar-refractivity contribution is 6.06. The molecular formula is C20H25N3O2. The number of nitrogens with one attached hydrogen (secondary N) is 1. The lowest BCUT2D eigenvalue weighted by atomic mass is 10.1. The standard InChI is InChI=1S/C20H25N3O2/c1-4-6-11-22-19(24)16-10-12-21-18(14-16)20(25)23(5-2)17-9-7-8-15(3)13-17/h7-10,12-14H,4-6,11H2,1-3H3,(H,22,24). The molecule has 1 N–H and O–H groups in total. The minimum absolute atomic E-state index is 0.177. The second kappa shape index (κ2) is 8.97. The summed E-state index contributed by atoms with van der Waals surface area (Å²) in [5.41, 5.74) is 2.63. The van der Waals surface area contributed by atoms with Gasteiger partial charge in [0.1, 0.15) is 5.69 Å². The quantitative estimate of drug-likeness (QED) is 0.784. The molecule has 0 saturated carbocycles. The Kier molecular flexibility index (Phi) is 6.69. The zero-order valence-corrected chi connectivity index (χ0v) is 15.1. The summed E-state index contributed by atoms with van der Waals surface area (Å²) in [6.45, 7) is 7.13. The van der Waals surface area contributed by atoms with Crippen molar-refractivity contribution in [3.8, 4) is 0 Å². The number of hydrogen-bond donors (Lipinski definition) is 1. The number of amides is 2. The molecule has 0 saturated heterocycles. The van der Waals surface area contributed by atoms with Crippen molar-refractivity contribution in [2.75, 3.05) is 18.0 Å². The van der Waals surface area contributed by atoms with Gasteiger partial charge in [0, 0.05) is 30.5 Å². The van der Waals surface area contributed by atoms with Gasteiger partial charge in [-0.15, -0.1) is 0 Å². The number of benzene rings is 1. The molecule has 2 aromatic rings. The van der Waals surface area contributed by atoms with Crippen LogP contribution < -0.4 is 10.2 Å². The minimum atomic E-state index is -0.212. The maximum absolute atomic E-state index is 12.9. The monoisotopic (exact) mass is 339 g/mol. The highest BCUT2D eigenvalue weighted by Crippen LogP contribution is 2.18. The molecule has 0 aliphatic rings. The fourth-order valence-corrected chi connectivity index (χ4v) is 2.55. The average molecular weight is 339 g/mol. The summed E-state index contributed by atoms with van der Waals surface area (Å²) in [6, 6.07) is 11.0. The van der Waals surface area contributed by atoms with Crippen molar-refractivity contribution in [2.45, 2.75) is 33.6 Å². The summed E-state index contributed by atoms with van der Waals surface area (Å²) >= 11 is 0. The fourth-order valence-electron chi connectivity index (χ4n) is 2.55. The van der Waals surface area contributed by atoms with Gasteiger partial charge >= 0.3 is 0 Å². The fraction of sp³-hybridized carbons (Fsp3) is 0.350. The molecule has 25 heavy (non-hydrogen) atoms. The Bertz CT molecular complexity index is 743. The third-order valence-corrected chi connectivity index (χ3v) is 3.93. The Balaban J connectivity index is 2.20. The van der Waals surface area contributed by atoms with Gasteiger partial charge < -0.3 is 10.2 Å². The Morgan fingerprint density at radius 1 is 1.16 bits per heavy atom. The van der Waals surface area contributed by atoms with E-state index in [9.17, 15) is 9.59 Å². The molecule has 0 atom stereocenters. The van der Waals surface area contributed by atoms with E-state index in [1.165, 1.54) is 6.20 Å². The van der Waals surface area contributed by atoms with Gasteiger partial charge in [0.2, 0.25) is 0 Å². The van der Waals surface area contributed by atoms with Crippen molar-refractivity contribution in [1.29, 1.82) is 0 Å². The third kappa shape index (κ3) is 4.89. The number of aromatic nitrogens is 1. The van der Waals surface area contributed by atoms with E-state index < -0.39 is 0 Å². The number of carbonyl (C=O) groups is 2. The van der Waals surface area contributed by atoms with E-state index in [-0.39, 0.29) is 17.5 Å². The maximum atomic E-state index is 12.9. The molecule has 0 fully saturated rings. The van der Waals surface area contributed by atoms with Gasteiger partial charge in [-0.3, -0.25) is 14.6 Å². The molecule has 1 aromatic carbocycles. The molecule has 5 heteroatoms. The lowest BCUT2D eigenvalue weighted by Crippen LogP contribution is -2.32. The van der Waals surface area contributed by atoms with Gasteiger partial charge in [-0.2, -0.15) is 0 Å². The molecule has 2 amide bonds. The number of anilines is 1. The molecule has 132 valence electrons. The van der Waals surface area contributed by atoms with Crippen LogP contribution in [0.2, 0.25) is 0 Å². The summed E-state index contributed by atoms with van der Waals surface area (Å²) in [6.07, 6.45) is 3.45. The van der Waals surface area contributed by atoms with E-state index in [1.54, 1.807) is 17.0 Å². The van der Waals surface area contributed by atoms with Crippen LogP contribution in [0.4, 0.5) is 5.69 Å². The Morgan fingerprint density at radius 3 is 2.64 bits per heavy atom. The summed E-state index contributed by atoms with van der Waals surface area (Å²) < 4.78 is 0. The van der Waals surface area contributed by atoms with Gasteiger partial charge in [0.25, 0.3) is 11.8 Å². The Morgan fingerprint density at radius 2 is 1.96 bits per heavy atom.